The molecule has 4 nitrogen and oxygen atoms in total. The molecule has 2 aromatic carbocycles. The lowest BCUT2D eigenvalue weighted by Gasteiger charge is -2.14. The summed E-state index contributed by atoms with van der Waals surface area (Å²) in [5.74, 6) is -1.64. The second-order valence-corrected chi connectivity index (χ2v) is 5.09. The number of carbonyl (C=O) groups is 2. The number of fused-ring (bicyclic) bond motifs is 1. The van der Waals surface area contributed by atoms with Gasteiger partial charge in [0.25, 0.3) is 11.8 Å². The highest BCUT2D eigenvalue weighted by molar-refractivity contribution is 6.30. The zero-order chi connectivity index (χ0) is 15.1. The van der Waals surface area contributed by atoms with Gasteiger partial charge in [0.05, 0.1) is 22.7 Å². The van der Waals surface area contributed by atoms with Crippen LogP contribution in [0.3, 0.4) is 0 Å². The summed E-state index contributed by atoms with van der Waals surface area (Å²) in [5, 5.41) is -0.0522. The van der Waals surface area contributed by atoms with Crippen molar-refractivity contribution in [2.45, 2.75) is 6.54 Å². The lowest BCUT2D eigenvalue weighted by atomic mass is 10.1. The average Bonchev–Trinajstić information content (AvgIpc) is 2.70. The molecule has 1 aliphatic rings. The third-order valence-electron chi connectivity index (χ3n) is 3.39. The zero-order valence-corrected chi connectivity index (χ0v) is 11.5. The van der Waals surface area contributed by atoms with Gasteiger partial charge in [-0.1, -0.05) is 29.8 Å². The van der Waals surface area contributed by atoms with Crippen molar-refractivity contribution in [2.75, 3.05) is 5.73 Å². The Kier molecular flexibility index (Phi) is 3.14. The first kappa shape index (κ1) is 13.6. The Morgan fingerprint density at radius 1 is 1.10 bits per heavy atom. The van der Waals surface area contributed by atoms with E-state index in [0.29, 0.717) is 0 Å². The van der Waals surface area contributed by atoms with Gasteiger partial charge in [0.2, 0.25) is 0 Å². The van der Waals surface area contributed by atoms with Crippen LogP contribution >= 0.6 is 11.6 Å². The van der Waals surface area contributed by atoms with Crippen LogP contribution in [0.1, 0.15) is 26.3 Å². The van der Waals surface area contributed by atoms with Crippen LogP contribution in [0.2, 0.25) is 5.02 Å². The number of carbonyl (C=O) groups excluding carboxylic acids is 2. The maximum atomic E-state index is 13.9. The molecule has 0 fully saturated rings. The maximum Gasteiger partial charge on any atom is 0.263 e. The van der Waals surface area contributed by atoms with Gasteiger partial charge in [-0.3, -0.25) is 14.5 Å². The summed E-state index contributed by atoms with van der Waals surface area (Å²) in [7, 11) is 0. The van der Waals surface area contributed by atoms with Crippen molar-refractivity contribution in [3.8, 4) is 0 Å². The van der Waals surface area contributed by atoms with Crippen LogP contribution in [-0.2, 0) is 6.54 Å². The van der Waals surface area contributed by atoms with Gasteiger partial charge >= 0.3 is 0 Å². The van der Waals surface area contributed by atoms with Crippen molar-refractivity contribution >= 4 is 29.1 Å². The van der Waals surface area contributed by atoms with Crippen LogP contribution < -0.4 is 5.73 Å². The lowest BCUT2D eigenvalue weighted by Crippen LogP contribution is -2.29. The SMILES string of the molecule is Nc1cccc2c1C(=O)N(Cc1cccc(Cl)c1F)C2=O. The molecule has 2 aromatic rings. The molecule has 21 heavy (non-hydrogen) atoms. The molecule has 2 amide bonds. The van der Waals surface area contributed by atoms with Crippen molar-refractivity contribution < 1.29 is 14.0 Å². The van der Waals surface area contributed by atoms with E-state index in [2.05, 4.69) is 0 Å². The maximum absolute atomic E-state index is 13.9. The van der Waals surface area contributed by atoms with Crippen LogP contribution in [0, 0.1) is 5.82 Å². The molecule has 0 saturated heterocycles. The summed E-state index contributed by atoms with van der Waals surface area (Å²) in [4.78, 5) is 25.5. The van der Waals surface area contributed by atoms with E-state index < -0.39 is 17.6 Å². The third kappa shape index (κ3) is 2.06. The average molecular weight is 305 g/mol. The summed E-state index contributed by atoms with van der Waals surface area (Å²) in [5.41, 5.74) is 6.56. The fourth-order valence-corrected chi connectivity index (χ4v) is 2.54. The van der Waals surface area contributed by atoms with E-state index in [0.717, 1.165) is 4.90 Å². The number of halogens is 2. The molecule has 0 unspecified atom stereocenters. The quantitative estimate of drug-likeness (QED) is 0.685. The number of rotatable bonds is 2. The van der Waals surface area contributed by atoms with Gasteiger partial charge in [0.15, 0.2) is 0 Å². The molecule has 0 atom stereocenters. The van der Waals surface area contributed by atoms with Gasteiger partial charge in [-0.15, -0.1) is 0 Å². The molecule has 1 aliphatic heterocycles. The van der Waals surface area contributed by atoms with Crippen LogP contribution in [0.15, 0.2) is 36.4 Å². The van der Waals surface area contributed by atoms with Crippen LogP contribution in [0.5, 0.6) is 0 Å². The fraction of sp³-hybridized carbons (Fsp3) is 0.0667. The first-order valence-electron chi connectivity index (χ1n) is 6.18. The number of anilines is 1. The topological polar surface area (TPSA) is 63.4 Å². The summed E-state index contributed by atoms with van der Waals surface area (Å²) in [6.07, 6.45) is 0. The van der Waals surface area contributed by atoms with Crippen LogP contribution in [0.4, 0.5) is 10.1 Å². The number of imide groups is 1. The van der Waals surface area contributed by atoms with Gasteiger partial charge in [-0.25, -0.2) is 4.39 Å². The van der Waals surface area contributed by atoms with E-state index in [1.807, 2.05) is 0 Å². The van der Waals surface area contributed by atoms with Crippen molar-refractivity contribution in [3.05, 3.63) is 63.9 Å². The van der Waals surface area contributed by atoms with E-state index in [9.17, 15) is 14.0 Å². The third-order valence-corrected chi connectivity index (χ3v) is 3.68. The van der Waals surface area contributed by atoms with E-state index >= 15 is 0 Å². The number of benzene rings is 2. The second-order valence-electron chi connectivity index (χ2n) is 4.68. The van der Waals surface area contributed by atoms with Gasteiger partial charge in [-0.2, -0.15) is 0 Å². The highest BCUT2D eigenvalue weighted by atomic mass is 35.5. The summed E-state index contributed by atoms with van der Waals surface area (Å²) in [6, 6.07) is 9.12. The Bertz CT molecular complexity index is 776. The van der Waals surface area contributed by atoms with E-state index in [1.54, 1.807) is 18.2 Å². The van der Waals surface area contributed by atoms with Crippen molar-refractivity contribution in [2.24, 2.45) is 0 Å². The number of nitrogens with two attached hydrogens (primary N) is 1. The Labute approximate surface area is 124 Å². The molecule has 0 spiro atoms. The standard InChI is InChI=1S/C15H10ClFN2O2/c16-10-5-1-3-8(13(10)17)7-19-14(20)9-4-2-6-11(18)12(9)15(19)21/h1-6H,7,18H2. The smallest absolute Gasteiger partial charge is 0.263 e. The molecule has 1 heterocycles. The monoisotopic (exact) mass is 304 g/mol. The first-order valence-corrected chi connectivity index (χ1v) is 6.56. The molecule has 106 valence electrons. The van der Waals surface area contributed by atoms with E-state index in [1.165, 1.54) is 18.2 Å². The summed E-state index contributed by atoms with van der Waals surface area (Å²) in [6.45, 7) is -0.182. The Balaban J connectivity index is 1.99. The predicted octanol–water partition coefficient (Wildman–Crippen LogP) is 2.86. The van der Waals surface area contributed by atoms with Crippen molar-refractivity contribution in [3.63, 3.8) is 0 Å². The number of hydrogen-bond acceptors (Lipinski definition) is 3. The van der Waals surface area contributed by atoms with Crippen LogP contribution in [-0.4, -0.2) is 16.7 Å². The highest BCUT2D eigenvalue weighted by Gasteiger charge is 2.37. The minimum atomic E-state index is -0.635. The number of amides is 2. The lowest BCUT2D eigenvalue weighted by molar-refractivity contribution is 0.0641. The zero-order valence-electron chi connectivity index (χ0n) is 10.8. The number of hydrogen-bond donors (Lipinski definition) is 1. The second kappa shape index (κ2) is 4.86. The summed E-state index contributed by atoms with van der Waals surface area (Å²) >= 11 is 5.70. The first-order chi connectivity index (χ1) is 10.0. The molecule has 0 saturated carbocycles. The minimum absolute atomic E-state index is 0.0522. The van der Waals surface area contributed by atoms with Crippen molar-refractivity contribution in [1.82, 2.24) is 4.90 Å². The minimum Gasteiger partial charge on any atom is -0.398 e. The molecule has 0 aromatic heterocycles. The molecule has 0 bridgehead atoms. The molecular weight excluding hydrogens is 295 g/mol. The van der Waals surface area contributed by atoms with E-state index in [4.69, 9.17) is 17.3 Å². The molecule has 2 N–H and O–H groups in total. The predicted molar refractivity (Wildman–Crippen MR) is 76.5 cm³/mol. The van der Waals surface area contributed by atoms with Gasteiger partial charge in [0, 0.05) is 11.3 Å². The molecule has 6 heteroatoms. The summed E-state index contributed by atoms with van der Waals surface area (Å²) < 4.78 is 13.9. The van der Waals surface area contributed by atoms with E-state index in [-0.39, 0.29) is 33.9 Å². The normalized spacial score (nSPS) is 13.7. The highest BCUT2D eigenvalue weighted by Crippen LogP contribution is 2.29. The van der Waals surface area contributed by atoms with Gasteiger partial charge < -0.3 is 5.73 Å². The van der Waals surface area contributed by atoms with Crippen molar-refractivity contribution in [1.29, 1.82) is 0 Å². The Hall–Kier alpha value is -2.40. The fourth-order valence-electron chi connectivity index (χ4n) is 2.34. The number of nitrogen functional groups attached to an aromatic ring is 1. The molecule has 0 aliphatic carbocycles. The van der Waals surface area contributed by atoms with Gasteiger partial charge in [-0.05, 0) is 18.2 Å². The Morgan fingerprint density at radius 3 is 2.52 bits per heavy atom. The number of nitrogens with zero attached hydrogens (tertiary/aromatic N) is 1. The molecular formula is C15H10ClFN2O2. The van der Waals surface area contributed by atoms with Gasteiger partial charge in [0.1, 0.15) is 5.82 Å². The molecule has 3 rings (SSSR count). The van der Waals surface area contributed by atoms with Crippen LogP contribution in [0.25, 0.3) is 0 Å². The largest absolute Gasteiger partial charge is 0.398 e. The molecule has 0 radical (unpaired) electrons. The Morgan fingerprint density at radius 2 is 1.81 bits per heavy atom.